The highest BCUT2D eigenvalue weighted by Crippen LogP contribution is 2.42. The van der Waals surface area contributed by atoms with Gasteiger partial charge in [0.25, 0.3) is 5.91 Å². The molecular formula is C34H49BrN6O2S. The van der Waals surface area contributed by atoms with E-state index in [2.05, 4.69) is 83.5 Å². The van der Waals surface area contributed by atoms with Crippen molar-refractivity contribution in [1.82, 2.24) is 19.7 Å². The number of anilines is 2. The molecule has 0 spiro atoms. The quantitative estimate of drug-likeness (QED) is 0.236. The van der Waals surface area contributed by atoms with Crippen LogP contribution in [-0.2, 0) is 11.8 Å². The van der Waals surface area contributed by atoms with Crippen LogP contribution >= 0.6 is 27.9 Å². The zero-order valence-corrected chi connectivity index (χ0v) is 30.0. The van der Waals surface area contributed by atoms with Crippen molar-refractivity contribution in [3.05, 3.63) is 70.1 Å². The molecular weight excluding hydrogens is 636 g/mol. The van der Waals surface area contributed by atoms with Gasteiger partial charge in [0, 0.05) is 71.1 Å². The van der Waals surface area contributed by atoms with Crippen LogP contribution in [0.5, 0.6) is 0 Å². The number of aliphatic hydroxyl groups excluding tert-OH is 1. The van der Waals surface area contributed by atoms with Crippen molar-refractivity contribution in [1.29, 1.82) is 0 Å². The van der Waals surface area contributed by atoms with Gasteiger partial charge in [-0.1, -0.05) is 47.6 Å². The Bertz CT molecular complexity index is 1380. The minimum atomic E-state index is -0.158. The molecule has 1 fully saturated rings. The number of hydrogen-bond donors (Lipinski definition) is 3. The van der Waals surface area contributed by atoms with Gasteiger partial charge < -0.3 is 15.3 Å². The number of aromatic nitrogens is 3. The van der Waals surface area contributed by atoms with E-state index in [4.69, 9.17) is 15.1 Å². The average Bonchev–Trinajstić information content (AvgIpc) is 3.33. The number of amides is 1. The number of nitrogens with zero attached hydrogens (tertiary/aromatic N) is 4. The Morgan fingerprint density at radius 1 is 1.09 bits per heavy atom. The third-order valence-electron chi connectivity index (χ3n) is 8.08. The molecule has 10 heteroatoms. The second-order valence-corrected chi connectivity index (χ2v) is 14.6. The third kappa shape index (κ3) is 8.95. The Morgan fingerprint density at radius 3 is 2.48 bits per heavy atom. The molecule has 0 aliphatic carbocycles. The standard InChI is InChI=1S/C31H39BrN6OS.C2H6.CH4O/c1-19-14-23(15-22-11-10-21(32)17-33-22)34-26-8-7-9-27(36-26)40-37-29(39)24-12-13-25(30(2,3)4)35-28(24)38-18-20(19)16-31(38,5)6;2*1-2/h7-13,17,19-20,23H,14-16,18H2,1-6H3,(H,34,36)(H,37,39);1-2H3;2H,1H3. The molecule has 3 unspecified atom stereocenters. The lowest BCUT2D eigenvalue weighted by molar-refractivity contribution is 0.0984. The molecule has 8 nitrogen and oxygen atoms in total. The van der Waals surface area contributed by atoms with Crippen molar-refractivity contribution in [3.63, 3.8) is 0 Å². The maximum atomic E-state index is 13.6. The van der Waals surface area contributed by atoms with Gasteiger partial charge in [-0.25, -0.2) is 9.97 Å². The highest BCUT2D eigenvalue weighted by atomic mass is 79.9. The first kappa shape index (κ1) is 35.8. The fourth-order valence-electron chi connectivity index (χ4n) is 5.83. The van der Waals surface area contributed by atoms with Gasteiger partial charge in [-0.05, 0) is 90.9 Å². The number of hydrogen-bond acceptors (Lipinski definition) is 8. The van der Waals surface area contributed by atoms with Crippen molar-refractivity contribution in [3.8, 4) is 0 Å². The third-order valence-corrected chi connectivity index (χ3v) is 9.28. The number of aliphatic hydroxyl groups is 1. The largest absolute Gasteiger partial charge is 0.400 e. The Labute approximate surface area is 276 Å². The fourth-order valence-corrected chi connectivity index (χ4v) is 6.66. The maximum absolute atomic E-state index is 13.6. The highest BCUT2D eigenvalue weighted by Gasteiger charge is 2.43. The normalized spacial score (nSPS) is 21.1. The predicted octanol–water partition coefficient (Wildman–Crippen LogP) is 7.67. The smallest absolute Gasteiger partial charge is 0.265 e. The summed E-state index contributed by atoms with van der Waals surface area (Å²) in [6.07, 6.45) is 4.66. The van der Waals surface area contributed by atoms with Crippen LogP contribution in [0, 0.1) is 11.8 Å². The lowest BCUT2D eigenvalue weighted by Gasteiger charge is -2.34. The van der Waals surface area contributed by atoms with Gasteiger partial charge in [0.15, 0.2) is 0 Å². The predicted molar refractivity (Wildman–Crippen MR) is 186 cm³/mol. The summed E-state index contributed by atoms with van der Waals surface area (Å²) in [4.78, 5) is 30.6. The highest BCUT2D eigenvalue weighted by molar-refractivity contribution is 9.10. The summed E-state index contributed by atoms with van der Waals surface area (Å²) in [5.41, 5.74) is 2.37. The van der Waals surface area contributed by atoms with Crippen molar-refractivity contribution in [2.75, 3.05) is 23.9 Å². The van der Waals surface area contributed by atoms with E-state index in [9.17, 15) is 4.79 Å². The summed E-state index contributed by atoms with van der Waals surface area (Å²) in [6, 6.07) is 14.1. The first-order valence-corrected chi connectivity index (χ1v) is 17.0. The molecule has 0 radical (unpaired) electrons. The monoisotopic (exact) mass is 684 g/mol. The zero-order valence-electron chi connectivity index (χ0n) is 27.6. The first-order chi connectivity index (χ1) is 20.9. The lowest BCUT2D eigenvalue weighted by Crippen LogP contribution is -2.40. The van der Waals surface area contributed by atoms with Crippen LogP contribution in [0.4, 0.5) is 11.6 Å². The van der Waals surface area contributed by atoms with Gasteiger partial charge in [0.1, 0.15) is 16.7 Å². The van der Waals surface area contributed by atoms with Crippen LogP contribution in [0.1, 0.15) is 90.0 Å². The summed E-state index contributed by atoms with van der Waals surface area (Å²) in [5.74, 6) is 2.30. The van der Waals surface area contributed by atoms with Gasteiger partial charge in [-0.15, -0.1) is 0 Å². The minimum Gasteiger partial charge on any atom is -0.400 e. The molecule has 0 aromatic carbocycles. The lowest BCUT2D eigenvalue weighted by atomic mass is 9.83. The molecule has 3 atom stereocenters. The van der Waals surface area contributed by atoms with E-state index in [1.165, 1.54) is 11.9 Å². The molecule has 3 N–H and O–H groups in total. The second-order valence-electron chi connectivity index (χ2n) is 12.8. The van der Waals surface area contributed by atoms with Crippen molar-refractivity contribution in [2.45, 2.75) is 96.7 Å². The van der Waals surface area contributed by atoms with E-state index < -0.39 is 0 Å². The fraction of sp³-hybridized carbons (Fsp3) is 0.529. The Morgan fingerprint density at radius 2 is 1.82 bits per heavy atom. The van der Waals surface area contributed by atoms with Crippen molar-refractivity contribution < 1.29 is 9.90 Å². The van der Waals surface area contributed by atoms with Gasteiger partial charge >= 0.3 is 0 Å². The van der Waals surface area contributed by atoms with Crippen molar-refractivity contribution >= 4 is 45.4 Å². The van der Waals surface area contributed by atoms with E-state index in [0.29, 0.717) is 17.4 Å². The van der Waals surface area contributed by atoms with Crippen LogP contribution in [-0.4, -0.2) is 51.2 Å². The second kappa shape index (κ2) is 15.5. The first-order valence-electron chi connectivity index (χ1n) is 15.4. The Balaban J connectivity index is 0.00000127. The number of halogens is 1. The molecule has 1 saturated heterocycles. The van der Waals surface area contributed by atoms with Crippen LogP contribution < -0.4 is 14.9 Å². The van der Waals surface area contributed by atoms with Gasteiger partial charge in [-0.3, -0.25) is 14.5 Å². The molecule has 3 aromatic heterocycles. The Hall–Kier alpha value is -2.69. The number of carbonyl (C=O) groups is 1. The Kier molecular flexibility index (Phi) is 12.6. The van der Waals surface area contributed by atoms with Crippen LogP contribution in [0.15, 0.2) is 58.2 Å². The van der Waals surface area contributed by atoms with Crippen LogP contribution in [0.25, 0.3) is 0 Å². The van der Waals surface area contributed by atoms with Gasteiger partial charge in [0.2, 0.25) is 0 Å². The topological polar surface area (TPSA) is 103 Å². The molecule has 1 amide bonds. The number of pyridine rings is 3. The SMILES string of the molecule is CC.CC1CC(Cc2ccc(Br)cn2)Nc2cccc(n2)SNC(=O)c2ccc(C(C)(C)C)nc2N2CC1CC2(C)C.CO. The van der Waals surface area contributed by atoms with E-state index in [-0.39, 0.29) is 22.9 Å². The molecule has 2 aliphatic heterocycles. The van der Waals surface area contributed by atoms with Gasteiger partial charge in [-0.2, -0.15) is 0 Å². The average molecular weight is 686 g/mol. The zero-order chi connectivity index (χ0) is 32.7. The summed E-state index contributed by atoms with van der Waals surface area (Å²) in [7, 11) is 1.00. The molecule has 2 aliphatic rings. The van der Waals surface area contributed by atoms with E-state index in [1.54, 1.807) is 0 Å². The molecule has 3 aromatic rings. The summed E-state index contributed by atoms with van der Waals surface area (Å²) in [6.45, 7) is 18.3. The molecule has 0 saturated carbocycles. The summed E-state index contributed by atoms with van der Waals surface area (Å²) < 4.78 is 4.01. The minimum absolute atomic E-state index is 0.127. The molecule has 4 bridgehead atoms. The summed E-state index contributed by atoms with van der Waals surface area (Å²) in [5, 5.41) is 11.4. The van der Waals surface area contributed by atoms with Crippen LogP contribution in [0.2, 0.25) is 0 Å². The number of rotatable bonds is 2. The molecule has 5 heterocycles. The number of fused-ring (bicyclic) bond motifs is 6. The van der Waals surface area contributed by atoms with E-state index in [0.717, 1.165) is 65.4 Å². The van der Waals surface area contributed by atoms with Crippen LogP contribution in [0.3, 0.4) is 0 Å². The van der Waals surface area contributed by atoms with E-state index in [1.807, 2.05) is 56.4 Å². The van der Waals surface area contributed by atoms with Gasteiger partial charge in [0.05, 0.1) is 5.56 Å². The molecule has 5 rings (SSSR count). The summed E-state index contributed by atoms with van der Waals surface area (Å²) >= 11 is 4.74. The molecule has 44 heavy (non-hydrogen) atoms. The van der Waals surface area contributed by atoms with E-state index >= 15 is 0 Å². The molecule has 240 valence electrons. The number of nitrogens with one attached hydrogen (secondary N) is 2. The number of carbonyl (C=O) groups excluding carboxylic acids is 1. The maximum Gasteiger partial charge on any atom is 0.265 e. The van der Waals surface area contributed by atoms with Crippen molar-refractivity contribution in [2.24, 2.45) is 11.8 Å².